The third-order valence-corrected chi connectivity index (χ3v) is 12.1. The third kappa shape index (κ3) is 13.2. The number of rotatable bonds is 19. The van der Waals surface area contributed by atoms with Crippen molar-refractivity contribution in [1.82, 2.24) is 30.3 Å². The van der Waals surface area contributed by atoms with Crippen LogP contribution in [0.15, 0.2) is 54.0 Å². The zero-order valence-electron chi connectivity index (χ0n) is 36.5. The summed E-state index contributed by atoms with van der Waals surface area (Å²) in [6.07, 6.45) is -1.25. The Kier molecular flexibility index (Phi) is 16.9. The average molecular weight is 893 g/mol. The molecule has 17 nitrogen and oxygen atoms in total. The van der Waals surface area contributed by atoms with Crippen LogP contribution in [-0.4, -0.2) is 158 Å². The van der Waals surface area contributed by atoms with Gasteiger partial charge in [0.05, 0.1) is 68.2 Å². The van der Waals surface area contributed by atoms with Gasteiger partial charge in [-0.25, -0.2) is 4.98 Å². The maximum Gasteiger partial charge on any atom is 0.267 e. The lowest BCUT2D eigenvalue weighted by Crippen LogP contribution is -2.57. The summed E-state index contributed by atoms with van der Waals surface area (Å²) in [4.78, 5) is 76.2. The van der Waals surface area contributed by atoms with E-state index in [4.69, 9.17) is 23.7 Å². The van der Waals surface area contributed by atoms with Gasteiger partial charge in [-0.1, -0.05) is 57.2 Å². The van der Waals surface area contributed by atoms with Crippen molar-refractivity contribution in [3.05, 3.63) is 65.3 Å². The van der Waals surface area contributed by atoms with E-state index in [0.29, 0.717) is 50.9 Å². The Morgan fingerprint density at radius 1 is 0.873 bits per heavy atom. The number of carbonyl (C=O) groups excluding carboxylic acids is 5. The standard InChI is InChI=1S/C45H60N6O11S/c1-30-40(63-29-47-30)32-11-9-31(10-12-32)26-46-42(55)34-25-33(52)27-51(34)44(57)41(45(2,3)4)48-38(53)13-19-58-21-23-60-24-22-59-20-14-39(54)49-15-17-50(18-16-49)43(56)37-28-61-35-7-5-6-8-36(35)62-37/h5-12,29,33-34,37,41,52H,13-28H2,1-4H3,(H,46,55)(H,48,53)/t33-,34+,37?,41-/m1/s1. The van der Waals surface area contributed by atoms with Crippen LogP contribution in [-0.2, 0) is 44.7 Å². The number of nitrogens with zero attached hydrogens (tertiary/aromatic N) is 4. The van der Waals surface area contributed by atoms with Crippen LogP contribution < -0.4 is 20.1 Å². The van der Waals surface area contributed by atoms with Crippen molar-refractivity contribution in [3.8, 4) is 21.9 Å². The van der Waals surface area contributed by atoms with E-state index in [1.807, 2.05) is 69.6 Å². The molecule has 1 aromatic heterocycles. The van der Waals surface area contributed by atoms with E-state index in [9.17, 15) is 29.1 Å². The molecule has 63 heavy (non-hydrogen) atoms. The second-order valence-corrected chi connectivity index (χ2v) is 17.7. The fourth-order valence-electron chi connectivity index (χ4n) is 7.56. The Labute approximate surface area is 372 Å². The summed E-state index contributed by atoms with van der Waals surface area (Å²) >= 11 is 1.57. The zero-order valence-corrected chi connectivity index (χ0v) is 37.4. The molecule has 1 unspecified atom stereocenters. The second-order valence-electron chi connectivity index (χ2n) is 16.9. The Morgan fingerprint density at radius 2 is 1.51 bits per heavy atom. The molecule has 3 aliphatic rings. The van der Waals surface area contributed by atoms with Gasteiger partial charge in [0.1, 0.15) is 18.7 Å². The molecule has 3 aliphatic heterocycles. The maximum absolute atomic E-state index is 13.9. The predicted molar refractivity (Wildman–Crippen MR) is 233 cm³/mol. The number of piperazine rings is 1. The van der Waals surface area contributed by atoms with Gasteiger partial charge in [-0.15, -0.1) is 11.3 Å². The van der Waals surface area contributed by atoms with Gasteiger partial charge in [0.25, 0.3) is 5.91 Å². The van der Waals surface area contributed by atoms with Gasteiger partial charge in [0, 0.05) is 52.1 Å². The summed E-state index contributed by atoms with van der Waals surface area (Å²) in [5, 5.41) is 16.3. The summed E-state index contributed by atoms with van der Waals surface area (Å²) in [7, 11) is 0. The van der Waals surface area contributed by atoms with E-state index in [-0.39, 0.29) is 89.0 Å². The summed E-state index contributed by atoms with van der Waals surface area (Å²) in [5.41, 5.74) is 4.02. The average Bonchev–Trinajstić information content (AvgIpc) is 3.90. The van der Waals surface area contributed by atoms with Gasteiger partial charge in [-0.3, -0.25) is 24.0 Å². The summed E-state index contributed by atoms with van der Waals surface area (Å²) in [6.45, 7) is 11.0. The molecule has 3 N–H and O–H groups in total. The highest BCUT2D eigenvalue weighted by atomic mass is 32.1. The lowest BCUT2D eigenvalue weighted by Gasteiger charge is -2.37. The van der Waals surface area contributed by atoms with E-state index in [1.54, 1.807) is 33.3 Å². The lowest BCUT2D eigenvalue weighted by molar-refractivity contribution is -0.146. The molecule has 2 fully saturated rings. The number of amides is 5. The van der Waals surface area contributed by atoms with Crippen molar-refractivity contribution in [2.45, 2.75) is 77.8 Å². The highest BCUT2D eigenvalue weighted by molar-refractivity contribution is 7.13. The molecule has 4 heterocycles. The molecular formula is C45H60N6O11S. The number of ether oxygens (including phenoxy) is 5. The number of fused-ring (bicyclic) bond motifs is 1. The molecule has 2 aromatic carbocycles. The number of aliphatic hydroxyl groups excluding tert-OH is 1. The number of hydrogen-bond acceptors (Lipinski definition) is 13. The number of carbonyl (C=O) groups is 5. The minimum atomic E-state index is -0.940. The number of nitrogens with one attached hydrogen (secondary N) is 2. The predicted octanol–water partition coefficient (Wildman–Crippen LogP) is 2.57. The van der Waals surface area contributed by atoms with Gasteiger partial charge in [-0.2, -0.15) is 0 Å². The number of hydrogen-bond donors (Lipinski definition) is 3. The van der Waals surface area contributed by atoms with E-state index in [1.165, 1.54) is 4.90 Å². The molecule has 0 saturated carbocycles. The minimum absolute atomic E-state index is 0.00909. The Hall–Kier alpha value is -5.14. The Morgan fingerprint density at radius 3 is 2.16 bits per heavy atom. The lowest BCUT2D eigenvalue weighted by atomic mass is 9.85. The highest BCUT2D eigenvalue weighted by Crippen LogP contribution is 2.32. The van der Waals surface area contributed by atoms with Crippen LogP contribution in [0.4, 0.5) is 0 Å². The normalized spacial score (nSPS) is 19.1. The molecule has 4 atom stereocenters. The van der Waals surface area contributed by atoms with E-state index in [0.717, 1.165) is 21.7 Å². The number of aliphatic hydroxyl groups is 1. The molecule has 0 bridgehead atoms. The van der Waals surface area contributed by atoms with Crippen molar-refractivity contribution >= 4 is 40.9 Å². The molecule has 0 aliphatic carbocycles. The van der Waals surface area contributed by atoms with Crippen LogP contribution in [0.3, 0.4) is 0 Å². The fourth-order valence-corrected chi connectivity index (χ4v) is 8.37. The van der Waals surface area contributed by atoms with Gasteiger partial charge >= 0.3 is 0 Å². The smallest absolute Gasteiger partial charge is 0.267 e. The molecule has 5 amide bonds. The first kappa shape index (κ1) is 47.3. The molecule has 18 heteroatoms. The first-order chi connectivity index (χ1) is 30.3. The van der Waals surface area contributed by atoms with Crippen molar-refractivity contribution in [2.24, 2.45) is 5.41 Å². The van der Waals surface area contributed by atoms with E-state index < -0.39 is 35.6 Å². The summed E-state index contributed by atoms with van der Waals surface area (Å²) < 4.78 is 28.3. The molecule has 0 spiro atoms. The van der Waals surface area contributed by atoms with Gasteiger partial charge in [0.2, 0.25) is 29.7 Å². The van der Waals surface area contributed by atoms with Crippen molar-refractivity contribution in [3.63, 3.8) is 0 Å². The van der Waals surface area contributed by atoms with Crippen LogP contribution in [0.1, 0.15) is 51.3 Å². The van der Waals surface area contributed by atoms with E-state index in [2.05, 4.69) is 15.6 Å². The zero-order chi connectivity index (χ0) is 44.9. The molecule has 3 aromatic rings. The quantitative estimate of drug-likeness (QED) is 0.149. The number of aromatic nitrogens is 1. The molecule has 342 valence electrons. The van der Waals surface area contributed by atoms with Gasteiger partial charge in [0.15, 0.2) is 11.5 Å². The number of likely N-dealkylation sites (tertiary alicyclic amines) is 1. The first-order valence-corrected chi connectivity index (χ1v) is 22.4. The van der Waals surface area contributed by atoms with Crippen molar-refractivity contribution < 1.29 is 52.8 Å². The van der Waals surface area contributed by atoms with Crippen molar-refractivity contribution in [2.75, 3.05) is 79.0 Å². The number of thiazole rings is 1. The Bertz CT molecular complexity index is 2020. The van der Waals surface area contributed by atoms with Crippen LogP contribution in [0, 0.1) is 12.3 Å². The number of β-amino-alcohol motifs (C(OH)–C–C–N with tert-alkyl or cyclic N) is 1. The molecule has 0 radical (unpaired) electrons. The monoisotopic (exact) mass is 892 g/mol. The fraction of sp³-hybridized carbons (Fsp3) is 0.556. The molecular weight excluding hydrogens is 833 g/mol. The molecule has 6 rings (SSSR count). The summed E-state index contributed by atoms with van der Waals surface area (Å²) in [5.74, 6) is -0.200. The highest BCUT2D eigenvalue weighted by Gasteiger charge is 2.44. The van der Waals surface area contributed by atoms with Gasteiger partial charge in [-0.05, 0) is 35.6 Å². The second kappa shape index (κ2) is 22.5. The first-order valence-electron chi connectivity index (χ1n) is 21.5. The number of para-hydroxylation sites is 2. The Balaban J connectivity index is 0.808. The maximum atomic E-state index is 13.9. The largest absolute Gasteiger partial charge is 0.485 e. The third-order valence-electron chi connectivity index (χ3n) is 11.1. The van der Waals surface area contributed by atoms with Crippen LogP contribution in [0.2, 0.25) is 0 Å². The van der Waals surface area contributed by atoms with Crippen LogP contribution >= 0.6 is 11.3 Å². The van der Waals surface area contributed by atoms with E-state index >= 15 is 0 Å². The van der Waals surface area contributed by atoms with Gasteiger partial charge < -0.3 is 54.1 Å². The molecule has 2 saturated heterocycles. The van der Waals surface area contributed by atoms with Crippen LogP contribution in [0.5, 0.6) is 11.5 Å². The van der Waals surface area contributed by atoms with Crippen LogP contribution in [0.25, 0.3) is 10.4 Å². The number of benzene rings is 2. The SMILES string of the molecule is Cc1ncsc1-c1ccc(CNC(=O)[C@@H]2C[C@@H](O)CN2C(=O)[C@@H](NC(=O)CCOCCOCCOCCC(=O)N2CCN(C(=O)C3COc4ccccc4O3)CC2)C(C)(C)C)cc1. The summed E-state index contributed by atoms with van der Waals surface area (Å²) in [6, 6.07) is 13.3. The topological polar surface area (TPSA) is 198 Å². The minimum Gasteiger partial charge on any atom is -0.485 e. The number of aryl methyl sites for hydroxylation is 1. The van der Waals surface area contributed by atoms with Crippen molar-refractivity contribution in [1.29, 1.82) is 0 Å².